The van der Waals surface area contributed by atoms with Gasteiger partial charge in [-0.1, -0.05) is 6.92 Å². The Morgan fingerprint density at radius 2 is 2.10 bits per heavy atom. The Morgan fingerprint density at radius 1 is 1.35 bits per heavy atom. The second kappa shape index (κ2) is 7.95. The van der Waals surface area contributed by atoms with Crippen LogP contribution in [0.4, 0.5) is 0 Å². The van der Waals surface area contributed by atoms with Gasteiger partial charge in [-0.3, -0.25) is 0 Å². The zero-order valence-electron chi connectivity index (χ0n) is 12.0. The van der Waals surface area contributed by atoms with Gasteiger partial charge in [-0.2, -0.15) is 5.26 Å². The van der Waals surface area contributed by atoms with Crippen LogP contribution in [0.3, 0.4) is 0 Å². The molecule has 0 amide bonds. The molecule has 0 aromatic carbocycles. The van der Waals surface area contributed by atoms with Gasteiger partial charge in [0.1, 0.15) is 17.3 Å². The molecule has 5 nitrogen and oxygen atoms in total. The van der Waals surface area contributed by atoms with Crippen molar-refractivity contribution in [3.8, 4) is 6.07 Å². The molecule has 0 aliphatic carbocycles. The molecule has 0 saturated heterocycles. The van der Waals surface area contributed by atoms with E-state index in [1.54, 1.807) is 19.1 Å². The number of nitriles is 1. The second-order valence-electron chi connectivity index (χ2n) is 3.87. The molecule has 0 radical (unpaired) electrons. The van der Waals surface area contributed by atoms with Crippen molar-refractivity contribution >= 4 is 11.5 Å². The molecule has 1 rings (SSSR count). The van der Waals surface area contributed by atoms with Gasteiger partial charge in [-0.15, -0.1) is 0 Å². The molecule has 1 heterocycles. The topological polar surface area (TPSA) is 72.2 Å². The first kappa shape index (κ1) is 15.7. The van der Waals surface area contributed by atoms with Gasteiger partial charge in [0.05, 0.1) is 19.5 Å². The Labute approximate surface area is 118 Å². The van der Waals surface area contributed by atoms with Crippen LogP contribution in [0, 0.1) is 11.3 Å². The highest BCUT2D eigenvalue weighted by molar-refractivity contribution is 6.16. The number of carbonyl (C=O) groups is 1. The number of esters is 1. The van der Waals surface area contributed by atoms with Gasteiger partial charge >= 0.3 is 5.97 Å². The number of nitrogens with zero attached hydrogens (tertiary/aromatic N) is 2. The standard InChI is InChI=1S/C15H18N2O3/c1-4-11-7-8-12(14(9-16)17-11)13(10-19-5-2)15(18)20-6-3/h7-8,10H,4-6H2,1-3H3/b13-10-. The molecule has 0 fully saturated rings. The first-order valence-electron chi connectivity index (χ1n) is 6.57. The third kappa shape index (κ3) is 3.82. The van der Waals surface area contributed by atoms with Crippen LogP contribution in [-0.2, 0) is 20.7 Å². The molecule has 0 saturated carbocycles. The van der Waals surface area contributed by atoms with Gasteiger partial charge in [0.15, 0.2) is 0 Å². The van der Waals surface area contributed by atoms with Gasteiger partial charge < -0.3 is 9.47 Å². The molecule has 1 aromatic heterocycles. The van der Waals surface area contributed by atoms with Crippen LogP contribution in [-0.4, -0.2) is 24.2 Å². The second-order valence-corrected chi connectivity index (χ2v) is 3.87. The number of hydrogen-bond donors (Lipinski definition) is 0. The normalized spacial score (nSPS) is 10.8. The summed E-state index contributed by atoms with van der Waals surface area (Å²) in [5.41, 5.74) is 1.63. The summed E-state index contributed by atoms with van der Waals surface area (Å²) in [7, 11) is 0. The maximum atomic E-state index is 12.0. The maximum Gasteiger partial charge on any atom is 0.341 e. The summed E-state index contributed by atoms with van der Waals surface area (Å²) >= 11 is 0. The lowest BCUT2D eigenvalue weighted by molar-refractivity contribution is -0.136. The highest BCUT2D eigenvalue weighted by atomic mass is 16.5. The van der Waals surface area contributed by atoms with Crippen LogP contribution < -0.4 is 0 Å². The molecule has 1 aromatic rings. The molecule has 0 N–H and O–H groups in total. The Kier molecular flexibility index (Phi) is 6.24. The molecule has 0 spiro atoms. The molecular weight excluding hydrogens is 256 g/mol. The van der Waals surface area contributed by atoms with Crippen LogP contribution in [0.2, 0.25) is 0 Å². The molecule has 0 aliphatic heterocycles. The van der Waals surface area contributed by atoms with E-state index in [4.69, 9.17) is 9.47 Å². The largest absolute Gasteiger partial charge is 0.501 e. The smallest absolute Gasteiger partial charge is 0.341 e. The van der Waals surface area contributed by atoms with E-state index in [-0.39, 0.29) is 17.9 Å². The van der Waals surface area contributed by atoms with Crippen molar-refractivity contribution in [1.29, 1.82) is 5.26 Å². The number of aryl methyl sites for hydroxylation is 1. The Morgan fingerprint density at radius 3 is 2.65 bits per heavy atom. The molecule has 20 heavy (non-hydrogen) atoms. The van der Waals surface area contributed by atoms with E-state index in [1.807, 2.05) is 19.9 Å². The summed E-state index contributed by atoms with van der Waals surface area (Å²) in [5, 5.41) is 9.19. The fourth-order valence-electron chi connectivity index (χ4n) is 1.60. The van der Waals surface area contributed by atoms with E-state index < -0.39 is 5.97 Å². The summed E-state index contributed by atoms with van der Waals surface area (Å²) in [5.74, 6) is -0.525. The number of pyridine rings is 1. The van der Waals surface area contributed by atoms with E-state index in [0.29, 0.717) is 12.2 Å². The lowest BCUT2D eigenvalue weighted by atomic mass is 10.0. The van der Waals surface area contributed by atoms with Crippen LogP contribution >= 0.6 is 0 Å². The average molecular weight is 274 g/mol. The fourth-order valence-corrected chi connectivity index (χ4v) is 1.60. The Bertz CT molecular complexity index is 545. The highest BCUT2D eigenvalue weighted by Crippen LogP contribution is 2.20. The number of aromatic nitrogens is 1. The average Bonchev–Trinajstić information content (AvgIpc) is 2.48. The Balaban J connectivity index is 3.27. The SMILES string of the molecule is CCO/C=C(\C(=O)OCC)c1ccc(CC)nc1C#N. The van der Waals surface area contributed by atoms with Crippen molar-refractivity contribution in [2.45, 2.75) is 27.2 Å². The highest BCUT2D eigenvalue weighted by Gasteiger charge is 2.18. The van der Waals surface area contributed by atoms with Gasteiger partial charge in [0.2, 0.25) is 0 Å². The summed E-state index contributed by atoms with van der Waals surface area (Å²) < 4.78 is 10.2. The number of ether oxygens (including phenoxy) is 2. The zero-order chi connectivity index (χ0) is 15.0. The zero-order valence-corrected chi connectivity index (χ0v) is 12.0. The summed E-state index contributed by atoms with van der Waals surface area (Å²) in [6, 6.07) is 5.50. The first-order chi connectivity index (χ1) is 9.67. The van der Waals surface area contributed by atoms with Gasteiger partial charge in [-0.05, 0) is 32.4 Å². The third-order valence-electron chi connectivity index (χ3n) is 2.57. The van der Waals surface area contributed by atoms with E-state index in [1.165, 1.54) is 6.26 Å². The molecule has 0 bridgehead atoms. The minimum atomic E-state index is -0.525. The molecular formula is C15H18N2O3. The van der Waals surface area contributed by atoms with Crippen LogP contribution in [0.15, 0.2) is 18.4 Å². The van der Waals surface area contributed by atoms with E-state index in [2.05, 4.69) is 4.98 Å². The monoisotopic (exact) mass is 274 g/mol. The lowest BCUT2D eigenvalue weighted by Crippen LogP contribution is -2.10. The van der Waals surface area contributed by atoms with Crippen molar-refractivity contribution in [2.75, 3.05) is 13.2 Å². The predicted octanol–water partition coefficient (Wildman–Crippen LogP) is 2.46. The van der Waals surface area contributed by atoms with E-state index in [9.17, 15) is 10.1 Å². The van der Waals surface area contributed by atoms with Crippen LogP contribution in [0.5, 0.6) is 0 Å². The molecule has 5 heteroatoms. The van der Waals surface area contributed by atoms with Crippen molar-refractivity contribution in [3.05, 3.63) is 35.3 Å². The number of hydrogen-bond acceptors (Lipinski definition) is 5. The van der Waals surface area contributed by atoms with Crippen molar-refractivity contribution in [2.24, 2.45) is 0 Å². The summed E-state index contributed by atoms with van der Waals surface area (Å²) in [4.78, 5) is 16.2. The van der Waals surface area contributed by atoms with E-state index in [0.717, 1.165) is 12.1 Å². The van der Waals surface area contributed by atoms with Crippen LogP contribution in [0.25, 0.3) is 5.57 Å². The summed E-state index contributed by atoms with van der Waals surface area (Å²) in [6.45, 7) is 6.16. The number of rotatable bonds is 6. The maximum absolute atomic E-state index is 12.0. The van der Waals surface area contributed by atoms with Gasteiger partial charge in [0.25, 0.3) is 0 Å². The fraction of sp³-hybridized carbons (Fsp3) is 0.400. The first-order valence-corrected chi connectivity index (χ1v) is 6.57. The quantitative estimate of drug-likeness (QED) is 0.452. The number of carbonyl (C=O) groups excluding carboxylic acids is 1. The van der Waals surface area contributed by atoms with Gasteiger partial charge in [0, 0.05) is 11.3 Å². The van der Waals surface area contributed by atoms with Crippen molar-refractivity contribution in [3.63, 3.8) is 0 Å². The lowest BCUT2D eigenvalue weighted by Gasteiger charge is -2.09. The molecule has 0 atom stereocenters. The van der Waals surface area contributed by atoms with Crippen molar-refractivity contribution in [1.82, 2.24) is 4.98 Å². The van der Waals surface area contributed by atoms with Crippen molar-refractivity contribution < 1.29 is 14.3 Å². The third-order valence-corrected chi connectivity index (χ3v) is 2.57. The summed E-state index contributed by atoms with van der Waals surface area (Å²) in [6.07, 6.45) is 2.04. The Hall–Kier alpha value is -2.35. The molecule has 106 valence electrons. The predicted molar refractivity (Wildman–Crippen MR) is 74.6 cm³/mol. The van der Waals surface area contributed by atoms with Gasteiger partial charge in [-0.25, -0.2) is 9.78 Å². The van der Waals surface area contributed by atoms with Crippen LogP contribution in [0.1, 0.15) is 37.7 Å². The van der Waals surface area contributed by atoms with E-state index >= 15 is 0 Å². The minimum absolute atomic E-state index is 0.198. The minimum Gasteiger partial charge on any atom is -0.501 e. The molecule has 0 aliphatic rings. The molecule has 0 unspecified atom stereocenters.